The molecule has 0 aliphatic carbocycles. The smallest absolute Gasteiger partial charge is 0.250 e. The predicted octanol–water partition coefficient (Wildman–Crippen LogP) is 2.17. The van der Waals surface area contributed by atoms with Gasteiger partial charge in [-0.05, 0) is 31.9 Å². The third kappa shape index (κ3) is 6.93. The van der Waals surface area contributed by atoms with Crippen LogP contribution in [0, 0.1) is 0 Å². The van der Waals surface area contributed by atoms with Gasteiger partial charge in [0.15, 0.2) is 0 Å². The summed E-state index contributed by atoms with van der Waals surface area (Å²) in [5, 5.41) is 0. The third-order valence-electron chi connectivity index (χ3n) is 4.33. The number of amides is 1. The molecule has 0 radical (unpaired) electrons. The number of rotatable bonds is 8. The number of hydrogen-bond donors (Lipinski definition) is 3. The van der Waals surface area contributed by atoms with Gasteiger partial charge in [-0.1, -0.05) is 18.2 Å². The van der Waals surface area contributed by atoms with Crippen LogP contribution in [0.1, 0.15) is 25.3 Å². The van der Waals surface area contributed by atoms with Gasteiger partial charge in [-0.25, -0.2) is 0 Å². The van der Waals surface area contributed by atoms with Crippen LogP contribution in [0.3, 0.4) is 0 Å². The van der Waals surface area contributed by atoms with Crippen LogP contribution in [0.25, 0.3) is 4.91 Å². The van der Waals surface area contributed by atoms with Crippen LogP contribution < -0.4 is 16.2 Å². The lowest BCUT2D eigenvalue weighted by Crippen LogP contribution is -2.28. The number of allylic oxidation sites excluding steroid dienone is 1. The van der Waals surface area contributed by atoms with Gasteiger partial charge < -0.3 is 25.8 Å². The highest BCUT2D eigenvalue weighted by atomic mass is 32.1. The minimum absolute atomic E-state index is 0.248. The monoisotopic (exact) mass is 391 g/mol. The maximum atomic E-state index is 11.5. The average Bonchev–Trinajstić information content (AvgIpc) is 2.91. The van der Waals surface area contributed by atoms with Gasteiger partial charge in [-0.2, -0.15) is 0 Å². The number of primary amides is 1. The number of hydrogen-bond acceptors (Lipinski definition) is 6. The minimum Gasteiger partial charge on any atom is -0.493 e. The first-order valence-corrected chi connectivity index (χ1v) is 9.63. The predicted molar refractivity (Wildman–Crippen MR) is 111 cm³/mol. The zero-order valence-corrected chi connectivity index (χ0v) is 16.7. The standard InChI is InChI=1S/C20H29N3O3S/c1-15(21)17(20(22)24)14-19(27)16-6-2-3-7-18(16)26-12-5-9-23-8-4-11-25-13-10-23/h2-3,6-7,14,27H,4-5,8-13,21H2,1H3,(H2,22,24)/b17-15-,19-14-. The molecule has 0 unspecified atom stereocenters. The first-order chi connectivity index (χ1) is 13.0. The Bertz CT molecular complexity index is 691. The number of para-hydroxylation sites is 1. The summed E-state index contributed by atoms with van der Waals surface area (Å²) >= 11 is 4.52. The molecule has 0 atom stereocenters. The average molecular weight is 392 g/mol. The molecule has 27 heavy (non-hydrogen) atoms. The Morgan fingerprint density at radius 3 is 2.81 bits per heavy atom. The molecule has 2 rings (SSSR count). The van der Waals surface area contributed by atoms with E-state index in [9.17, 15) is 4.79 Å². The van der Waals surface area contributed by atoms with Crippen molar-refractivity contribution < 1.29 is 14.3 Å². The maximum absolute atomic E-state index is 11.5. The Morgan fingerprint density at radius 2 is 2.07 bits per heavy atom. The Balaban J connectivity index is 1.98. The largest absolute Gasteiger partial charge is 0.493 e. The normalized spacial score (nSPS) is 17.2. The SMILES string of the molecule is C/C(N)=C(\C=C(/S)c1ccccc1OCCCN1CCCOCC1)C(N)=O. The summed E-state index contributed by atoms with van der Waals surface area (Å²) in [6, 6.07) is 7.59. The maximum Gasteiger partial charge on any atom is 0.250 e. The van der Waals surface area contributed by atoms with Crippen LogP contribution in [0.15, 0.2) is 41.6 Å². The molecule has 1 aromatic carbocycles. The summed E-state index contributed by atoms with van der Waals surface area (Å²) in [5.41, 5.74) is 12.5. The molecule has 0 aromatic heterocycles. The van der Waals surface area contributed by atoms with Gasteiger partial charge in [-0.15, -0.1) is 12.6 Å². The van der Waals surface area contributed by atoms with E-state index in [1.165, 1.54) is 0 Å². The molecular formula is C20H29N3O3S. The molecule has 0 spiro atoms. The zero-order chi connectivity index (χ0) is 19.6. The molecule has 1 fully saturated rings. The van der Waals surface area contributed by atoms with Crippen LogP contribution in [-0.2, 0) is 9.53 Å². The van der Waals surface area contributed by atoms with Crippen molar-refractivity contribution in [3.05, 3.63) is 47.2 Å². The summed E-state index contributed by atoms with van der Waals surface area (Å²) in [5.74, 6) is 0.137. The molecular weight excluding hydrogens is 362 g/mol. The molecule has 148 valence electrons. The lowest BCUT2D eigenvalue weighted by Gasteiger charge is -2.19. The lowest BCUT2D eigenvalue weighted by atomic mass is 10.1. The number of nitrogens with zero attached hydrogens (tertiary/aromatic N) is 1. The molecule has 0 saturated carbocycles. The molecule has 6 nitrogen and oxygen atoms in total. The summed E-state index contributed by atoms with van der Waals surface area (Å²) in [6.45, 7) is 6.91. The zero-order valence-electron chi connectivity index (χ0n) is 15.8. The number of carbonyl (C=O) groups excluding carboxylic acids is 1. The second kappa shape index (κ2) is 11.0. The van der Waals surface area contributed by atoms with Gasteiger partial charge in [-0.3, -0.25) is 4.79 Å². The Morgan fingerprint density at radius 1 is 1.30 bits per heavy atom. The van der Waals surface area contributed by atoms with Crippen molar-refractivity contribution in [2.75, 3.05) is 39.5 Å². The van der Waals surface area contributed by atoms with E-state index in [1.54, 1.807) is 13.0 Å². The number of carbonyl (C=O) groups is 1. The van der Waals surface area contributed by atoms with Crippen molar-refractivity contribution in [1.82, 2.24) is 4.90 Å². The summed E-state index contributed by atoms with van der Waals surface area (Å²) < 4.78 is 11.4. The van der Waals surface area contributed by atoms with Crippen LogP contribution in [0.5, 0.6) is 5.75 Å². The second-order valence-corrected chi connectivity index (χ2v) is 6.98. The van der Waals surface area contributed by atoms with Gasteiger partial charge in [0.05, 0.1) is 18.8 Å². The van der Waals surface area contributed by atoms with Gasteiger partial charge in [0.25, 0.3) is 0 Å². The number of ether oxygens (including phenoxy) is 2. The van der Waals surface area contributed by atoms with Crippen molar-refractivity contribution in [2.24, 2.45) is 11.5 Å². The highest BCUT2D eigenvalue weighted by Gasteiger charge is 2.11. The van der Waals surface area contributed by atoms with E-state index in [4.69, 9.17) is 20.9 Å². The molecule has 4 N–H and O–H groups in total. The molecule has 1 amide bonds. The molecule has 7 heteroatoms. The van der Waals surface area contributed by atoms with E-state index in [2.05, 4.69) is 17.5 Å². The van der Waals surface area contributed by atoms with Crippen LogP contribution in [-0.4, -0.2) is 50.3 Å². The minimum atomic E-state index is -0.582. The second-order valence-electron chi connectivity index (χ2n) is 6.50. The van der Waals surface area contributed by atoms with Crippen molar-refractivity contribution in [1.29, 1.82) is 0 Å². The molecule has 1 saturated heterocycles. The summed E-state index contributed by atoms with van der Waals surface area (Å²) in [6.07, 6.45) is 3.59. The van der Waals surface area contributed by atoms with E-state index in [1.807, 2.05) is 24.3 Å². The number of benzene rings is 1. The van der Waals surface area contributed by atoms with E-state index < -0.39 is 5.91 Å². The molecule has 0 bridgehead atoms. The number of thiol groups is 1. The molecule has 1 aliphatic heterocycles. The van der Waals surface area contributed by atoms with Gasteiger partial charge >= 0.3 is 0 Å². The van der Waals surface area contributed by atoms with Crippen molar-refractivity contribution in [2.45, 2.75) is 19.8 Å². The van der Waals surface area contributed by atoms with E-state index in [-0.39, 0.29) is 5.57 Å². The van der Waals surface area contributed by atoms with Gasteiger partial charge in [0.1, 0.15) is 5.75 Å². The Labute approximate surface area is 166 Å². The van der Waals surface area contributed by atoms with Crippen molar-refractivity contribution in [3.8, 4) is 5.75 Å². The van der Waals surface area contributed by atoms with Crippen LogP contribution >= 0.6 is 12.6 Å². The lowest BCUT2D eigenvalue weighted by molar-refractivity contribution is -0.114. The first kappa shape index (κ1) is 21.3. The van der Waals surface area contributed by atoms with Crippen molar-refractivity contribution >= 4 is 23.4 Å². The topological polar surface area (TPSA) is 90.8 Å². The fraction of sp³-hybridized carbons (Fsp3) is 0.450. The summed E-state index contributed by atoms with van der Waals surface area (Å²) in [4.78, 5) is 14.5. The first-order valence-electron chi connectivity index (χ1n) is 9.18. The highest BCUT2D eigenvalue weighted by Crippen LogP contribution is 2.29. The van der Waals surface area contributed by atoms with E-state index in [0.717, 1.165) is 57.0 Å². The molecule has 1 aliphatic rings. The van der Waals surface area contributed by atoms with Gasteiger partial charge in [0.2, 0.25) is 5.91 Å². The van der Waals surface area contributed by atoms with Crippen molar-refractivity contribution in [3.63, 3.8) is 0 Å². The highest BCUT2D eigenvalue weighted by molar-refractivity contribution is 7.90. The third-order valence-corrected chi connectivity index (χ3v) is 4.70. The van der Waals surface area contributed by atoms with Gasteiger partial charge in [0, 0.05) is 42.4 Å². The van der Waals surface area contributed by atoms with E-state index in [0.29, 0.717) is 17.2 Å². The Hall–Kier alpha value is -1.96. The fourth-order valence-electron chi connectivity index (χ4n) is 2.89. The van der Waals surface area contributed by atoms with Crippen LogP contribution in [0.2, 0.25) is 0 Å². The summed E-state index contributed by atoms with van der Waals surface area (Å²) in [7, 11) is 0. The number of nitrogens with two attached hydrogens (primary N) is 2. The molecule has 1 heterocycles. The van der Waals surface area contributed by atoms with E-state index >= 15 is 0 Å². The molecule has 1 aromatic rings. The van der Waals surface area contributed by atoms with Crippen LogP contribution in [0.4, 0.5) is 0 Å². The quantitative estimate of drug-likeness (QED) is 0.273. The fourth-order valence-corrected chi connectivity index (χ4v) is 3.20. The Kier molecular flexibility index (Phi) is 8.71.